The van der Waals surface area contributed by atoms with Crippen LogP contribution in [0.4, 0.5) is 8.78 Å². The highest BCUT2D eigenvalue weighted by molar-refractivity contribution is 5.73. The highest BCUT2D eigenvalue weighted by Gasteiger charge is 2.49. The average molecular weight is 193 g/mol. The van der Waals surface area contributed by atoms with Crippen molar-refractivity contribution < 1.29 is 18.3 Å². The molecular formula is C8H13F2NO2. The summed E-state index contributed by atoms with van der Waals surface area (Å²) in [4.78, 5) is 11.1. The molecule has 0 aromatic carbocycles. The molecule has 2 unspecified atom stereocenters. The Hall–Kier alpha value is -0.710. The van der Waals surface area contributed by atoms with E-state index in [2.05, 4.69) is 4.74 Å². The van der Waals surface area contributed by atoms with Gasteiger partial charge in [0.25, 0.3) is 0 Å². The topological polar surface area (TPSA) is 52.3 Å². The second kappa shape index (κ2) is 3.57. The lowest BCUT2D eigenvalue weighted by Gasteiger charge is -2.13. The van der Waals surface area contributed by atoms with E-state index in [1.807, 2.05) is 0 Å². The van der Waals surface area contributed by atoms with Crippen molar-refractivity contribution >= 4 is 5.97 Å². The summed E-state index contributed by atoms with van der Waals surface area (Å²) >= 11 is 0. The minimum Gasteiger partial charge on any atom is -0.469 e. The van der Waals surface area contributed by atoms with Crippen molar-refractivity contribution in [3.8, 4) is 0 Å². The number of hydrogen-bond acceptors (Lipinski definition) is 3. The highest BCUT2D eigenvalue weighted by atomic mass is 19.3. The van der Waals surface area contributed by atoms with E-state index in [0.29, 0.717) is 0 Å². The fourth-order valence-corrected chi connectivity index (χ4v) is 1.77. The van der Waals surface area contributed by atoms with Gasteiger partial charge in [-0.15, -0.1) is 0 Å². The number of esters is 1. The predicted octanol–water partition coefficient (Wildman–Crippen LogP) is 0.780. The molecule has 0 amide bonds. The second-order valence-corrected chi connectivity index (χ2v) is 3.39. The molecular weight excluding hydrogens is 180 g/mol. The van der Waals surface area contributed by atoms with Crippen molar-refractivity contribution in [3.05, 3.63) is 0 Å². The lowest BCUT2D eigenvalue weighted by molar-refractivity contribution is -0.147. The van der Waals surface area contributed by atoms with E-state index in [1.54, 1.807) is 0 Å². The number of rotatable bonds is 2. The first-order valence-corrected chi connectivity index (χ1v) is 4.16. The molecule has 1 rings (SSSR count). The van der Waals surface area contributed by atoms with Crippen molar-refractivity contribution in [2.24, 2.45) is 17.6 Å². The van der Waals surface area contributed by atoms with Gasteiger partial charge in [0.1, 0.15) is 0 Å². The quantitative estimate of drug-likeness (QED) is 0.659. The zero-order valence-corrected chi connectivity index (χ0v) is 7.43. The lowest BCUT2D eigenvalue weighted by atomic mass is 9.97. The minimum absolute atomic E-state index is 0.107. The number of nitrogens with two attached hydrogens (primary N) is 1. The van der Waals surface area contributed by atoms with Crippen LogP contribution in [0.15, 0.2) is 0 Å². The molecule has 0 aromatic rings. The number of halogens is 2. The van der Waals surface area contributed by atoms with Gasteiger partial charge in [-0.1, -0.05) is 0 Å². The van der Waals surface area contributed by atoms with Crippen LogP contribution >= 0.6 is 0 Å². The molecule has 0 aromatic heterocycles. The number of carbonyl (C=O) groups excluding carboxylic acids is 1. The fourth-order valence-electron chi connectivity index (χ4n) is 1.77. The first kappa shape index (κ1) is 10.4. The van der Waals surface area contributed by atoms with Gasteiger partial charge in [-0.05, 0) is 12.5 Å². The Morgan fingerprint density at radius 1 is 1.62 bits per heavy atom. The van der Waals surface area contributed by atoms with E-state index in [4.69, 9.17) is 5.73 Å². The zero-order valence-electron chi connectivity index (χ0n) is 7.43. The molecule has 0 spiro atoms. The van der Waals surface area contributed by atoms with Crippen molar-refractivity contribution in [2.75, 3.05) is 13.7 Å². The summed E-state index contributed by atoms with van der Waals surface area (Å²) in [6.45, 7) is 0.107. The summed E-state index contributed by atoms with van der Waals surface area (Å²) in [5.74, 6) is -4.51. The number of methoxy groups -OCH3 is 1. The summed E-state index contributed by atoms with van der Waals surface area (Å²) in [5.41, 5.74) is 5.30. The minimum atomic E-state index is -2.76. The maximum atomic E-state index is 12.9. The van der Waals surface area contributed by atoms with Gasteiger partial charge in [-0.25, -0.2) is 8.78 Å². The first-order valence-electron chi connectivity index (χ1n) is 4.16. The second-order valence-electron chi connectivity index (χ2n) is 3.39. The molecule has 1 aliphatic carbocycles. The zero-order chi connectivity index (χ0) is 10.1. The van der Waals surface area contributed by atoms with E-state index >= 15 is 0 Å². The van der Waals surface area contributed by atoms with E-state index in [-0.39, 0.29) is 13.0 Å². The largest absolute Gasteiger partial charge is 0.469 e. The Kier molecular flexibility index (Phi) is 2.85. The van der Waals surface area contributed by atoms with Gasteiger partial charge in [-0.3, -0.25) is 4.79 Å². The molecule has 1 fully saturated rings. The summed E-state index contributed by atoms with van der Waals surface area (Å²) in [5, 5.41) is 0. The van der Waals surface area contributed by atoms with E-state index in [0.717, 1.165) is 0 Å². The third-order valence-electron chi connectivity index (χ3n) is 2.46. The van der Waals surface area contributed by atoms with Crippen molar-refractivity contribution in [1.29, 1.82) is 0 Å². The molecule has 0 saturated heterocycles. The summed E-state index contributed by atoms with van der Waals surface area (Å²) in [6.07, 6.45) is -0.731. The molecule has 3 nitrogen and oxygen atoms in total. The summed E-state index contributed by atoms with van der Waals surface area (Å²) in [7, 11) is 1.20. The van der Waals surface area contributed by atoms with Crippen molar-refractivity contribution in [3.63, 3.8) is 0 Å². The third-order valence-corrected chi connectivity index (χ3v) is 2.46. The van der Waals surface area contributed by atoms with Crippen LogP contribution in [-0.4, -0.2) is 25.5 Å². The SMILES string of the molecule is COC(=O)C1CC(F)(F)CC1CN. The van der Waals surface area contributed by atoms with Crippen LogP contribution in [0, 0.1) is 11.8 Å². The molecule has 1 aliphatic rings. The third kappa shape index (κ3) is 2.15. The molecule has 76 valence electrons. The fraction of sp³-hybridized carbons (Fsp3) is 0.875. The lowest BCUT2D eigenvalue weighted by Crippen LogP contribution is -2.25. The van der Waals surface area contributed by atoms with Crippen LogP contribution in [0.5, 0.6) is 0 Å². The number of ether oxygens (including phenoxy) is 1. The molecule has 0 heterocycles. The van der Waals surface area contributed by atoms with Gasteiger partial charge in [-0.2, -0.15) is 0 Å². The summed E-state index contributed by atoms with van der Waals surface area (Å²) in [6, 6.07) is 0. The Balaban J connectivity index is 2.69. The average Bonchev–Trinajstić information content (AvgIpc) is 2.39. The molecule has 0 bridgehead atoms. The Bertz CT molecular complexity index is 208. The smallest absolute Gasteiger partial charge is 0.309 e. The number of alkyl halides is 2. The predicted molar refractivity (Wildman–Crippen MR) is 42.2 cm³/mol. The first-order chi connectivity index (χ1) is 6.00. The number of carbonyl (C=O) groups is 1. The Morgan fingerprint density at radius 3 is 2.69 bits per heavy atom. The standard InChI is InChI=1S/C8H13F2NO2/c1-13-7(12)6-3-8(9,10)2-5(6)4-11/h5-6H,2-4,11H2,1H3. The van der Waals surface area contributed by atoms with Gasteiger partial charge < -0.3 is 10.5 Å². The van der Waals surface area contributed by atoms with Gasteiger partial charge in [0.15, 0.2) is 0 Å². The van der Waals surface area contributed by atoms with Gasteiger partial charge >= 0.3 is 5.97 Å². The molecule has 1 saturated carbocycles. The van der Waals surface area contributed by atoms with E-state index in [1.165, 1.54) is 7.11 Å². The molecule has 5 heteroatoms. The molecule has 0 aliphatic heterocycles. The highest BCUT2D eigenvalue weighted by Crippen LogP contribution is 2.43. The van der Waals surface area contributed by atoms with Crippen LogP contribution in [0.1, 0.15) is 12.8 Å². The van der Waals surface area contributed by atoms with E-state index in [9.17, 15) is 13.6 Å². The molecule has 0 radical (unpaired) electrons. The van der Waals surface area contributed by atoms with Crippen molar-refractivity contribution in [1.82, 2.24) is 0 Å². The maximum absolute atomic E-state index is 12.9. The van der Waals surface area contributed by atoms with Gasteiger partial charge in [0, 0.05) is 12.8 Å². The van der Waals surface area contributed by atoms with Crippen LogP contribution in [-0.2, 0) is 9.53 Å². The van der Waals surface area contributed by atoms with Crippen LogP contribution < -0.4 is 5.73 Å². The molecule has 2 N–H and O–H groups in total. The Morgan fingerprint density at radius 2 is 2.23 bits per heavy atom. The molecule has 13 heavy (non-hydrogen) atoms. The normalized spacial score (nSPS) is 31.7. The number of hydrogen-bond donors (Lipinski definition) is 1. The van der Waals surface area contributed by atoms with E-state index < -0.39 is 30.1 Å². The van der Waals surface area contributed by atoms with Gasteiger partial charge in [0.05, 0.1) is 13.0 Å². The van der Waals surface area contributed by atoms with Crippen LogP contribution in [0.3, 0.4) is 0 Å². The monoisotopic (exact) mass is 193 g/mol. The maximum Gasteiger partial charge on any atom is 0.309 e. The Labute approximate surface area is 75.2 Å². The van der Waals surface area contributed by atoms with Crippen LogP contribution in [0.25, 0.3) is 0 Å². The van der Waals surface area contributed by atoms with Gasteiger partial charge in [0.2, 0.25) is 5.92 Å². The molecule has 2 atom stereocenters. The van der Waals surface area contributed by atoms with Crippen molar-refractivity contribution in [2.45, 2.75) is 18.8 Å². The summed E-state index contributed by atoms with van der Waals surface area (Å²) < 4.78 is 30.2. The van der Waals surface area contributed by atoms with Crippen LogP contribution in [0.2, 0.25) is 0 Å².